The molecule has 40 heavy (non-hydrogen) atoms. The number of anilines is 1. The molecule has 11 heteroatoms. The van der Waals surface area contributed by atoms with Crippen molar-refractivity contribution >= 4 is 39.1 Å². The summed E-state index contributed by atoms with van der Waals surface area (Å²) in [5.74, 6) is -1.31. The molecule has 0 saturated carbocycles. The van der Waals surface area contributed by atoms with Gasteiger partial charge in [-0.3, -0.25) is 13.9 Å². The molecular weight excluding hydrogens is 557 g/mol. The zero-order valence-corrected chi connectivity index (χ0v) is 24.4. The molecule has 1 atom stereocenters. The zero-order valence-electron chi connectivity index (χ0n) is 22.9. The van der Waals surface area contributed by atoms with E-state index >= 15 is 0 Å². The molecule has 1 unspecified atom stereocenters. The molecular formula is C29H33ClFN3O5S. The Morgan fingerprint density at radius 2 is 1.70 bits per heavy atom. The molecule has 0 spiro atoms. The lowest BCUT2D eigenvalue weighted by atomic mass is 10.1. The highest BCUT2D eigenvalue weighted by Crippen LogP contribution is 2.35. The van der Waals surface area contributed by atoms with E-state index < -0.39 is 40.2 Å². The van der Waals surface area contributed by atoms with Crippen molar-refractivity contribution in [1.82, 2.24) is 10.2 Å². The van der Waals surface area contributed by atoms with Gasteiger partial charge in [0.1, 0.15) is 24.2 Å². The Morgan fingerprint density at radius 1 is 1.05 bits per heavy atom. The van der Waals surface area contributed by atoms with Crippen LogP contribution in [0.25, 0.3) is 0 Å². The van der Waals surface area contributed by atoms with Crippen molar-refractivity contribution in [3.63, 3.8) is 0 Å². The Labute approximate surface area is 239 Å². The Morgan fingerprint density at radius 3 is 2.30 bits per heavy atom. The summed E-state index contributed by atoms with van der Waals surface area (Å²) in [7, 11) is -2.91. The molecule has 2 amide bonds. The second kappa shape index (κ2) is 13.6. The van der Waals surface area contributed by atoms with Gasteiger partial charge in [-0.1, -0.05) is 48.4 Å². The number of hydrogen-bond donors (Lipinski definition) is 1. The maximum Gasteiger partial charge on any atom is 0.264 e. The van der Waals surface area contributed by atoms with Gasteiger partial charge in [0.15, 0.2) is 0 Å². The Balaban J connectivity index is 2.08. The molecule has 1 N–H and O–H groups in total. The second-order valence-corrected chi connectivity index (χ2v) is 11.6. The lowest BCUT2D eigenvalue weighted by Crippen LogP contribution is -2.51. The van der Waals surface area contributed by atoms with Crippen molar-refractivity contribution in [2.45, 2.75) is 44.7 Å². The summed E-state index contributed by atoms with van der Waals surface area (Å²) >= 11 is 6.24. The van der Waals surface area contributed by atoms with Crippen molar-refractivity contribution < 1.29 is 27.1 Å². The molecule has 3 aromatic carbocycles. The first-order valence-electron chi connectivity index (χ1n) is 12.7. The number of nitrogens with zero attached hydrogens (tertiary/aromatic N) is 2. The van der Waals surface area contributed by atoms with E-state index in [0.717, 1.165) is 9.87 Å². The highest BCUT2D eigenvalue weighted by molar-refractivity contribution is 7.92. The third-order valence-corrected chi connectivity index (χ3v) is 8.29. The molecule has 0 fully saturated rings. The van der Waals surface area contributed by atoms with Gasteiger partial charge in [-0.05, 0) is 68.3 Å². The van der Waals surface area contributed by atoms with E-state index in [1.54, 1.807) is 25.1 Å². The first-order chi connectivity index (χ1) is 19.0. The Kier molecular flexibility index (Phi) is 10.5. The van der Waals surface area contributed by atoms with Gasteiger partial charge in [0.2, 0.25) is 11.8 Å². The van der Waals surface area contributed by atoms with Crippen LogP contribution in [0.4, 0.5) is 10.1 Å². The van der Waals surface area contributed by atoms with E-state index in [1.165, 1.54) is 60.5 Å². The van der Waals surface area contributed by atoms with Crippen LogP contribution in [0.1, 0.15) is 31.4 Å². The maximum absolute atomic E-state index is 14.0. The fourth-order valence-corrected chi connectivity index (χ4v) is 5.56. The Bertz CT molecular complexity index is 1430. The average molecular weight is 590 g/mol. The minimum Gasteiger partial charge on any atom is -0.495 e. The van der Waals surface area contributed by atoms with Crippen LogP contribution in [0.3, 0.4) is 0 Å². The predicted molar refractivity (Wildman–Crippen MR) is 153 cm³/mol. The number of rotatable bonds is 12. The fourth-order valence-electron chi connectivity index (χ4n) is 3.97. The number of carbonyl (C=O) groups is 2. The summed E-state index contributed by atoms with van der Waals surface area (Å²) in [5.41, 5.74) is 1.49. The standard InChI is InChI=1S/C29H33ClFN3O5S/c1-5-16-32-29(36)21(3)33(18-22-8-11-24(31)12-9-22)28(35)19-34(26-17-23(30)10-15-27(26)39-4)40(37,38)25-13-6-20(2)7-14-25/h6-15,17,21H,5,16,18-19H2,1-4H3,(H,32,36). The van der Waals surface area contributed by atoms with Crippen LogP contribution in [-0.2, 0) is 26.2 Å². The Hall–Kier alpha value is -3.63. The molecule has 214 valence electrons. The molecule has 0 saturated heterocycles. The monoisotopic (exact) mass is 589 g/mol. The van der Waals surface area contributed by atoms with Crippen LogP contribution in [0.2, 0.25) is 5.02 Å². The van der Waals surface area contributed by atoms with Crippen LogP contribution in [0.15, 0.2) is 71.6 Å². The molecule has 8 nitrogen and oxygen atoms in total. The third-order valence-electron chi connectivity index (χ3n) is 6.28. The van der Waals surface area contributed by atoms with Gasteiger partial charge in [-0.25, -0.2) is 12.8 Å². The first-order valence-corrected chi connectivity index (χ1v) is 14.5. The van der Waals surface area contributed by atoms with Crippen molar-refractivity contribution in [1.29, 1.82) is 0 Å². The molecule has 0 bridgehead atoms. The number of amides is 2. The number of halogens is 2. The smallest absolute Gasteiger partial charge is 0.264 e. The van der Waals surface area contributed by atoms with Gasteiger partial charge >= 0.3 is 0 Å². The summed E-state index contributed by atoms with van der Waals surface area (Å²) in [6, 6.07) is 15.3. The van der Waals surface area contributed by atoms with Gasteiger partial charge in [-0.2, -0.15) is 0 Å². The van der Waals surface area contributed by atoms with Gasteiger partial charge in [0.05, 0.1) is 17.7 Å². The van der Waals surface area contributed by atoms with E-state index in [2.05, 4.69) is 5.32 Å². The molecule has 3 rings (SSSR count). The first kappa shape index (κ1) is 30.9. The van der Waals surface area contributed by atoms with Crippen molar-refractivity contribution in [3.05, 3.63) is 88.7 Å². The minimum absolute atomic E-state index is 0.0354. The van der Waals surface area contributed by atoms with E-state index in [9.17, 15) is 22.4 Å². The molecule has 0 aromatic heterocycles. The highest BCUT2D eigenvalue weighted by Gasteiger charge is 2.34. The van der Waals surface area contributed by atoms with Gasteiger partial charge in [0.25, 0.3) is 10.0 Å². The van der Waals surface area contributed by atoms with Crippen LogP contribution in [0, 0.1) is 12.7 Å². The molecule has 3 aromatic rings. The predicted octanol–water partition coefficient (Wildman–Crippen LogP) is 4.93. The fraction of sp³-hybridized carbons (Fsp3) is 0.310. The number of sulfonamides is 1. The van der Waals surface area contributed by atoms with Gasteiger partial charge in [0, 0.05) is 18.1 Å². The number of aryl methyl sites for hydroxylation is 1. The number of carbonyl (C=O) groups excluding carboxylic acids is 2. The largest absolute Gasteiger partial charge is 0.495 e. The normalized spacial score (nSPS) is 11.9. The number of nitrogens with one attached hydrogen (secondary N) is 1. The van der Waals surface area contributed by atoms with Crippen LogP contribution < -0.4 is 14.4 Å². The molecule has 0 radical (unpaired) electrons. The van der Waals surface area contributed by atoms with Gasteiger partial charge in [-0.15, -0.1) is 0 Å². The van der Waals surface area contributed by atoms with Crippen LogP contribution in [0.5, 0.6) is 5.75 Å². The lowest BCUT2D eigenvalue weighted by Gasteiger charge is -2.32. The number of ether oxygens (including phenoxy) is 1. The van der Waals surface area contributed by atoms with Crippen molar-refractivity contribution in [3.8, 4) is 5.75 Å². The molecule has 0 aliphatic heterocycles. The topological polar surface area (TPSA) is 96.0 Å². The molecule has 0 aliphatic rings. The molecule has 0 heterocycles. The number of hydrogen-bond acceptors (Lipinski definition) is 5. The lowest BCUT2D eigenvalue weighted by molar-refractivity contribution is -0.139. The highest BCUT2D eigenvalue weighted by atomic mass is 35.5. The molecule has 0 aliphatic carbocycles. The summed E-state index contributed by atoms with van der Waals surface area (Å²) in [4.78, 5) is 28.1. The van der Waals surface area contributed by atoms with Crippen LogP contribution >= 0.6 is 11.6 Å². The minimum atomic E-state index is -4.29. The number of methoxy groups -OCH3 is 1. The number of benzene rings is 3. The quantitative estimate of drug-likeness (QED) is 0.323. The summed E-state index contributed by atoms with van der Waals surface area (Å²) in [6.07, 6.45) is 0.696. The second-order valence-electron chi connectivity index (χ2n) is 9.26. The van der Waals surface area contributed by atoms with Gasteiger partial charge < -0.3 is 15.0 Å². The summed E-state index contributed by atoms with van der Waals surface area (Å²) in [6.45, 7) is 5.00. The van der Waals surface area contributed by atoms with E-state index in [0.29, 0.717) is 18.5 Å². The summed E-state index contributed by atoms with van der Waals surface area (Å²) in [5, 5.41) is 3.01. The van der Waals surface area contributed by atoms with Crippen molar-refractivity contribution in [2.24, 2.45) is 0 Å². The van der Waals surface area contributed by atoms with E-state index in [-0.39, 0.29) is 27.9 Å². The zero-order chi connectivity index (χ0) is 29.4. The average Bonchev–Trinajstić information content (AvgIpc) is 2.93. The maximum atomic E-state index is 14.0. The van der Waals surface area contributed by atoms with E-state index in [1.807, 2.05) is 13.8 Å². The van der Waals surface area contributed by atoms with E-state index in [4.69, 9.17) is 16.3 Å². The summed E-state index contributed by atoms with van der Waals surface area (Å²) < 4.78 is 47.8. The third kappa shape index (κ3) is 7.51. The van der Waals surface area contributed by atoms with Crippen molar-refractivity contribution in [2.75, 3.05) is 24.5 Å². The van der Waals surface area contributed by atoms with Crippen LogP contribution in [-0.4, -0.2) is 51.4 Å². The SMILES string of the molecule is CCCNC(=O)C(C)N(Cc1ccc(F)cc1)C(=O)CN(c1cc(Cl)ccc1OC)S(=O)(=O)c1ccc(C)cc1.